The van der Waals surface area contributed by atoms with Crippen LogP contribution in [0.5, 0.6) is 0 Å². The number of rotatable bonds is 14. The molecular formula is C38H62O24. The highest BCUT2D eigenvalue weighted by molar-refractivity contribution is 5.90. The van der Waals surface area contributed by atoms with Crippen molar-refractivity contribution in [2.45, 2.75) is 186 Å². The van der Waals surface area contributed by atoms with E-state index in [4.69, 9.17) is 52.5 Å². The molecule has 358 valence electrons. The van der Waals surface area contributed by atoms with Gasteiger partial charge in [-0.15, -0.1) is 0 Å². The van der Waals surface area contributed by atoms with Crippen molar-refractivity contribution in [1.82, 2.24) is 0 Å². The lowest BCUT2D eigenvalue weighted by Gasteiger charge is -2.53. The Kier molecular flexibility index (Phi) is 16.9. The van der Waals surface area contributed by atoms with Crippen LogP contribution in [-0.2, 0) is 57.0 Å². The van der Waals surface area contributed by atoms with Crippen LogP contribution in [0.2, 0.25) is 0 Å². The number of carbonyl (C=O) groups is 2. The average molecular weight is 903 g/mol. The molecule has 2 aliphatic carbocycles. The summed E-state index contributed by atoms with van der Waals surface area (Å²) in [5, 5.41) is 127. The van der Waals surface area contributed by atoms with Gasteiger partial charge >= 0.3 is 11.9 Å². The number of aliphatic carboxylic acids is 1. The van der Waals surface area contributed by atoms with Crippen LogP contribution in [0.3, 0.4) is 0 Å². The number of aliphatic hydroxyl groups is 11. The number of esters is 1. The molecule has 12 N–H and O–H groups in total. The number of hydrogen-bond acceptors (Lipinski definition) is 23. The fraction of sp³-hybridized carbons (Fsp3) is 0.947. The zero-order chi connectivity index (χ0) is 45.3. The predicted molar refractivity (Wildman–Crippen MR) is 197 cm³/mol. The Morgan fingerprint density at radius 2 is 1.16 bits per heavy atom. The average Bonchev–Trinajstić information content (AvgIpc) is 3.23. The van der Waals surface area contributed by atoms with Crippen molar-refractivity contribution in [3.05, 3.63) is 0 Å². The Balaban J connectivity index is 1.20. The predicted octanol–water partition coefficient (Wildman–Crippen LogP) is -6.04. The summed E-state index contributed by atoms with van der Waals surface area (Å²) in [6, 6.07) is 0. The molecule has 0 bridgehead atoms. The monoisotopic (exact) mass is 902 g/mol. The first-order chi connectivity index (χ1) is 29.4. The molecule has 0 spiro atoms. The molecule has 4 aliphatic heterocycles. The van der Waals surface area contributed by atoms with Gasteiger partial charge in [0.1, 0.15) is 73.6 Å². The topological polar surface area (TPSA) is 369 Å². The SMILES string of the molecule is COC1CC(C2OC3CC(O)CC(OC4OC(CO)C(O)C(O)C4O)C3CC2OC2OC(COC3OC(C)C(OC(=O)CC(=O)O)C(O)C3O)C(O)C(O)C2O)CC(OC)C1O. The first kappa shape index (κ1) is 49.6. The molecule has 23 atom stereocenters. The van der Waals surface area contributed by atoms with Gasteiger partial charge in [0.05, 0.1) is 62.0 Å². The zero-order valence-electron chi connectivity index (χ0n) is 34.4. The Morgan fingerprint density at radius 1 is 0.597 bits per heavy atom. The lowest BCUT2D eigenvalue weighted by molar-refractivity contribution is -0.352. The summed E-state index contributed by atoms with van der Waals surface area (Å²) in [7, 11) is 2.87. The van der Waals surface area contributed by atoms with E-state index in [1.165, 1.54) is 21.1 Å². The summed E-state index contributed by atoms with van der Waals surface area (Å²) in [6.45, 7) is 0.0466. The number of carbonyl (C=O) groups excluding carboxylic acids is 1. The maximum atomic E-state index is 11.9. The van der Waals surface area contributed by atoms with E-state index in [1.54, 1.807) is 0 Å². The number of fused-ring (bicyclic) bond motifs is 1. The minimum Gasteiger partial charge on any atom is -0.481 e. The Morgan fingerprint density at radius 3 is 1.74 bits per heavy atom. The normalized spacial score (nSPS) is 50.1. The van der Waals surface area contributed by atoms with Crippen LogP contribution >= 0.6 is 0 Å². The summed E-state index contributed by atoms with van der Waals surface area (Å²) in [5.41, 5.74) is 0. The fourth-order valence-corrected chi connectivity index (χ4v) is 9.53. The quantitative estimate of drug-likeness (QED) is 0.0570. The molecule has 62 heavy (non-hydrogen) atoms. The first-order valence-electron chi connectivity index (χ1n) is 20.8. The molecule has 24 heteroatoms. The summed E-state index contributed by atoms with van der Waals surface area (Å²) in [6.07, 6.45) is -31.6. The highest BCUT2D eigenvalue weighted by Gasteiger charge is 2.55. The van der Waals surface area contributed by atoms with Crippen LogP contribution in [0, 0.1) is 11.8 Å². The molecule has 0 amide bonds. The summed E-state index contributed by atoms with van der Waals surface area (Å²) >= 11 is 0. The molecule has 0 aromatic rings. The van der Waals surface area contributed by atoms with Crippen molar-refractivity contribution >= 4 is 11.9 Å². The lowest BCUT2D eigenvalue weighted by Crippen LogP contribution is -2.64. The molecule has 0 aromatic carbocycles. The van der Waals surface area contributed by atoms with Gasteiger partial charge in [-0.2, -0.15) is 0 Å². The van der Waals surface area contributed by atoms with E-state index < -0.39 is 184 Å². The van der Waals surface area contributed by atoms with Crippen LogP contribution in [0.4, 0.5) is 0 Å². The zero-order valence-corrected chi connectivity index (χ0v) is 34.4. The molecular weight excluding hydrogens is 840 g/mol. The number of ether oxygens (including phenoxy) is 10. The highest BCUT2D eigenvalue weighted by atomic mass is 16.7. The van der Waals surface area contributed by atoms with E-state index in [0.717, 1.165) is 0 Å². The summed E-state index contributed by atoms with van der Waals surface area (Å²) in [5.74, 6) is -3.72. The van der Waals surface area contributed by atoms with E-state index in [-0.39, 0.29) is 32.1 Å². The smallest absolute Gasteiger partial charge is 0.317 e. The molecule has 24 nitrogen and oxygen atoms in total. The number of hydrogen-bond donors (Lipinski definition) is 12. The van der Waals surface area contributed by atoms with Crippen molar-refractivity contribution in [2.75, 3.05) is 27.4 Å². The van der Waals surface area contributed by atoms with E-state index >= 15 is 0 Å². The van der Waals surface area contributed by atoms with E-state index in [9.17, 15) is 65.8 Å². The van der Waals surface area contributed by atoms with Gasteiger partial charge in [0.2, 0.25) is 0 Å². The third kappa shape index (κ3) is 10.7. The van der Waals surface area contributed by atoms with Crippen molar-refractivity contribution in [2.24, 2.45) is 11.8 Å². The number of aliphatic hydroxyl groups excluding tert-OH is 11. The van der Waals surface area contributed by atoms with Gasteiger partial charge in [0, 0.05) is 26.6 Å². The van der Waals surface area contributed by atoms with Gasteiger partial charge in [-0.3, -0.25) is 9.59 Å². The molecule has 23 unspecified atom stereocenters. The fourth-order valence-electron chi connectivity index (χ4n) is 9.53. The third-order valence-electron chi connectivity index (χ3n) is 13.0. The summed E-state index contributed by atoms with van der Waals surface area (Å²) in [4.78, 5) is 22.8. The molecule has 0 aromatic heterocycles. The largest absolute Gasteiger partial charge is 0.481 e. The van der Waals surface area contributed by atoms with E-state index in [2.05, 4.69) is 0 Å². The summed E-state index contributed by atoms with van der Waals surface area (Å²) < 4.78 is 58.4. The first-order valence-corrected chi connectivity index (χ1v) is 20.8. The van der Waals surface area contributed by atoms with Gasteiger partial charge in [-0.1, -0.05) is 0 Å². The molecule has 0 radical (unpaired) electrons. The standard InChI is InChI=1S/C38H62O24/c1-12-34(62-24(43)9-23(41)42)30(49)33(52)36(56-12)55-11-22-27(46)29(48)32(51)38(61-22)59-20-8-15-16(57-35(20)13-4-18(53-2)25(44)19(5-13)54-3)6-14(40)7-17(15)58-37-31(50)28(47)26(45)21(10-39)60-37/h12-22,25-40,44-52H,4-11H2,1-3H3,(H,41,42). The maximum Gasteiger partial charge on any atom is 0.317 e. The van der Waals surface area contributed by atoms with Crippen LogP contribution < -0.4 is 0 Å². The number of carboxylic acids is 1. The van der Waals surface area contributed by atoms with Crippen LogP contribution in [0.15, 0.2) is 0 Å². The highest BCUT2D eigenvalue weighted by Crippen LogP contribution is 2.45. The Bertz CT molecular complexity index is 1450. The van der Waals surface area contributed by atoms with E-state index in [0.29, 0.717) is 0 Å². The van der Waals surface area contributed by atoms with Crippen LogP contribution in [0.25, 0.3) is 0 Å². The van der Waals surface area contributed by atoms with Gasteiger partial charge in [-0.25, -0.2) is 0 Å². The Hall–Kier alpha value is -1.86. The second-order valence-corrected chi connectivity index (χ2v) is 17.0. The maximum absolute atomic E-state index is 11.9. The van der Waals surface area contributed by atoms with Crippen LogP contribution in [0.1, 0.15) is 45.4 Å². The number of carboxylic acid groups (broad SMARTS) is 1. The second kappa shape index (κ2) is 21.2. The molecule has 6 rings (SSSR count). The molecule has 6 fully saturated rings. The van der Waals surface area contributed by atoms with E-state index in [1.807, 2.05) is 0 Å². The van der Waals surface area contributed by atoms with Crippen molar-refractivity contribution in [1.29, 1.82) is 0 Å². The lowest BCUT2D eigenvalue weighted by atomic mass is 9.72. The minimum atomic E-state index is -1.88. The van der Waals surface area contributed by atoms with Crippen molar-refractivity contribution in [3.8, 4) is 0 Å². The molecule has 6 aliphatic rings. The van der Waals surface area contributed by atoms with Gasteiger partial charge in [0.25, 0.3) is 0 Å². The van der Waals surface area contributed by atoms with Crippen LogP contribution in [-0.4, -0.2) is 242 Å². The number of methoxy groups -OCH3 is 2. The van der Waals surface area contributed by atoms with Gasteiger partial charge in [0.15, 0.2) is 25.0 Å². The molecule has 2 saturated carbocycles. The van der Waals surface area contributed by atoms with Crippen molar-refractivity contribution < 1.29 is 118 Å². The Labute approximate surface area is 355 Å². The molecule has 4 saturated heterocycles. The second-order valence-electron chi connectivity index (χ2n) is 17.0. The minimum absolute atomic E-state index is 0.00480. The molecule has 4 heterocycles. The van der Waals surface area contributed by atoms with Gasteiger partial charge in [-0.05, 0) is 38.5 Å². The van der Waals surface area contributed by atoms with Gasteiger partial charge < -0.3 is 109 Å². The third-order valence-corrected chi connectivity index (χ3v) is 13.0. The van der Waals surface area contributed by atoms with Crippen molar-refractivity contribution in [3.63, 3.8) is 0 Å².